The lowest BCUT2D eigenvalue weighted by Gasteiger charge is -2.23. The molecule has 1 N–H and O–H groups in total. The van der Waals surface area contributed by atoms with Gasteiger partial charge in [0.25, 0.3) is 0 Å². The predicted octanol–water partition coefficient (Wildman–Crippen LogP) is 3.23. The van der Waals surface area contributed by atoms with E-state index in [4.69, 9.17) is 4.98 Å². The summed E-state index contributed by atoms with van der Waals surface area (Å²) in [5.74, 6) is 2.36. The van der Waals surface area contributed by atoms with Crippen molar-refractivity contribution in [1.29, 1.82) is 0 Å². The maximum Gasteiger partial charge on any atom is 0.195 e. The molecule has 21 heavy (non-hydrogen) atoms. The molecular formula is C15H24N4S2. The number of aromatic nitrogens is 2. The highest BCUT2D eigenvalue weighted by atomic mass is 32.2. The minimum Gasteiger partial charge on any atom is -0.354 e. The van der Waals surface area contributed by atoms with Gasteiger partial charge in [0.05, 0.1) is 5.69 Å². The summed E-state index contributed by atoms with van der Waals surface area (Å²) in [5.41, 5.74) is 1.30. The van der Waals surface area contributed by atoms with Crippen LogP contribution in [0.25, 0.3) is 4.96 Å². The summed E-state index contributed by atoms with van der Waals surface area (Å²) in [6, 6.07) is 0. The topological polar surface area (TPSA) is 32.6 Å². The number of thiazole rings is 1. The lowest BCUT2D eigenvalue weighted by Crippen LogP contribution is -2.29. The Labute approximate surface area is 134 Å². The predicted molar refractivity (Wildman–Crippen MR) is 93.8 cm³/mol. The van der Waals surface area contributed by atoms with Crippen molar-refractivity contribution in [3.8, 4) is 0 Å². The first-order chi connectivity index (χ1) is 10.1. The maximum absolute atomic E-state index is 4.90. The number of hydrogen-bond acceptors (Lipinski definition) is 5. The van der Waals surface area contributed by atoms with Crippen LogP contribution in [0.3, 0.4) is 0 Å². The highest BCUT2D eigenvalue weighted by Gasteiger charge is 2.26. The average molecular weight is 325 g/mol. The molecule has 3 rings (SSSR count). The van der Waals surface area contributed by atoms with E-state index in [0.717, 1.165) is 31.1 Å². The van der Waals surface area contributed by atoms with Gasteiger partial charge in [0.1, 0.15) is 0 Å². The Hall–Kier alpha value is -0.720. The Morgan fingerprint density at radius 3 is 3.05 bits per heavy atom. The minimum atomic E-state index is 0.383. The molecule has 0 aromatic carbocycles. The molecule has 6 heteroatoms. The Bertz CT molecular complexity index is 602. The summed E-state index contributed by atoms with van der Waals surface area (Å²) in [7, 11) is 0. The van der Waals surface area contributed by atoms with Crippen molar-refractivity contribution < 1.29 is 0 Å². The van der Waals surface area contributed by atoms with Crippen LogP contribution in [-0.4, -0.2) is 39.5 Å². The van der Waals surface area contributed by atoms with Gasteiger partial charge < -0.3 is 10.2 Å². The van der Waals surface area contributed by atoms with Crippen LogP contribution in [0.1, 0.15) is 32.9 Å². The van der Waals surface area contributed by atoms with E-state index in [1.165, 1.54) is 23.7 Å². The van der Waals surface area contributed by atoms with Crippen LogP contribution in [0, 0.1) is 0 Å². The molecule has 1 aliphatic rings. The van der Waals surface area contributed by atoms with Gasteiger partial charge >= 0.3 is 0 Å². The Kier molecular flexibility index (Phi) is 4.47. The summed E-state index contributed by atoms with van der Waals surface area (Å²) < 4.78 is 2.62. The number of nitrogens with zero attached hydrogens (tertiary/aromatic N) is 3. The van der Waals surface area contributed by atoms with Crippen LogP contribution in [0.2, 0.25) is 0 Å². The number of nitrogens with one attached hydrogen (secondary N) is 1. The van der Waals surface area contributed by atoms with Gasteiger partial charge in [-0.15, -0.1) is 11.3 Å². The van der Waals surface area contributed by atoms with E-state index in [9.17, 15) is 0 Å². The molecule has 4 nitrogen and oxygen atoms in total. The molecule has 0 bridgehead atoms. The summed E-state index contributed by atoms with van der Waals surface area (Å²) in [6.07, 6.45) is 3.35. The van der Waals surface area contributed by atoms with Gasteiger partial charge in [0.15, 0.2) is 10.8 Å². The van der Waals surface area contributed by atoms with Crippen molar-refractivity contribution in [1.82, 2.24) is 14.7 Å². The van der Waals surface area contributed by atoms with Crippen molar-refractivity contribution >= 4 is 33.9 Å². The lowest BCUT2D eigenvalue weighted by molar-refractivity contribution is 0.631. The molecule has 0 unspecified atom stereocenters. The third-order valence-corrected chi connectivity index (χ3v) is 6.15. The molecule has 1 aliphatic heterocycles. The Morgan fingerprint density at radius 1 is 1.38 bits per heavy atom. The van der Waals surface area contributed by atoms with Gasteiger partial charge in [-0.05, 0) is 13.0 Å². The standard InChI is InChI=1S/C15H24N4S2/c1-4-16-11-12-13(17-14-19(12)8-9-20-14)18-6-5-15(2,3)21-10-7-18/h8-9,16H,4-7,10-11H2,1-3H3. The van der Waals surface area contributed by atoms with Crippen molar-refractivity contribution in [2.45, 2.75) is 38.5 Å². The van der Waals surface area contributed by atoms with Gasteiger partial charge in [-0.3, -0.25) is 4.40 Å². The molecule has 1 saturated heterocycles. The lowest BCUT2D eigenvalue weighted by atomic mass is 10.1. The molecule has 2 aromatic rings. The van der Waals surface area contributed by atoms with Crippen LogP contribution in [0.15, 0.2) is 11.6 Å². The second-order valence-electron chi connectivity index (χ2n) is 6.06. The Balaban J connectivity index is 1.89. The molecule has 0 spiro atoms. The fraction of sp³-hybridized carbons (Fsp3) is 0.667. The van der Waals surface area contributed by atoms with E-state index >= 15 is 0 Å². The van der Waals surface area contributed by atoms with E-state index in [0.29, 0.717) is 4.75 Å². The highest BCUT2D eigenvalue weighted by Crippen LogP contribution is 2.33. The zero-order valence-electron chi connectivity index (χ0n) is 13.1. The van der Waals surface area contributed by atoms with Gasteiger partial charge in [0, 0.05) is 41.7 Å². The van der Waals surface area contributed by atoms with Crippen molar-refractivity contribution in [2.75, 3.05) is 30.3 Å². The fourth-order valence-corrected chi connectivity index (χ4v) is 4.54. The van der Waals surface area contributed by atoms with Crippen LogP contribution >= 0.6 is 23.1 Å². The number of imidazole rings is 1. The number of fused-ring (bicyclic) bond motifs is 1. The molecule has 0 radical (unpaired) electrons. The van der Waals surface area contributed by atoms with Crippen molar-refractivity contribution in [2.24, 2.45) is 0 Å². The number of thioether (sulfide) groups is 1. The molecule has 2 aromatic heterocycles. The van der Waals surface area contributed by atoms with E-state index < -0.39 is 0 Å². The number of hydrogen-bond donors (Lipinski definition) is 1. The largest absolute Gasteiger partial charge is 0.354 e. The SMILES string of the molecule is CCNCc1c(N2CCSC(C)(C)CC2)nc2sccn12. The highest BCUT2D eigenvalue weighted by molar-refractivity contribution is 8.00. The zero-order valence-corrected chi connectivity index (χ0v) is 14.7. The average Bonchev–Trinajstić information content (AvgIpc) is 2.96. The van der Waals surface area contributed by atoms with Crippen LogP contribution in [0.5, 0.6) is 0 Å². The quantitative estimate of drug-likeness (QED) is 0.936. The number of rotatable bonds is 4. The third kappa shape index (κ3) is 3.22. The van der Waals surface area contributed by atoms with Crippen molar-refractivity contribution in [3.05, 3.63) is 17.3 Å². The van der Waals surface area contributed by atoms with Crippen LogP contribution in [-0.2, 0) is 6.54 Å². The van der Waals surface area contributed by atoms with Gasteiger partial charge in [-0.1, -0.05) is 20.8 Å². The van der Waals surface area contributed by atoms with Crippen LogP contribution < -0.4 is 10.2 Å². The van der Waals surface area contributed by atoms with E-state index in [-0.39, 0.29) is 0 Å². The normalized spacial score (nSPS) is 19.1. The van der Waals surface area contributed by atoms with Crippen LogP contribution in [0.4, 0.5) is 5.82 Å². The molecule has 0 aliphatic carbocycles. The molecule has 1 fully saturated rings. The summed E-state index contributed by atoms with van der Waals surface area (Å²) in [4.78, 5) is 8.48. The Morgan fingerprint density at radius 2 is 2.24 bits per heavy atom. The van der Waals surface area contributed by atoms with E-state index in [2.05, 4.69) is 58.7 Å². The molecule has 0 atom stereocenters. The maximum atomic E-state index is 4.90. The van der Waals surface area contributed by atoms with Crippen molar-refractivity contribution in [3.63, 3.8) is 0 Å². The number of anilines is 1. The van der Waals surface area contributed by atoms with Gasteiger partial charge in [0.2, 0.25) is 0 Å². The van der Waals surface area contributed by atoms with Gasteiger partial charge in [-0.2, -0.15) is 11.8 Å². The van der Waals surface area contributed by atoms with E-state index in [1.807, 2.05) is 0 Å². The third-order valence-electron chi connectivity index (χ3n) is 4.02. The molecule has 0 saturated carbocycles. The van der Waals surface area contributed by atoms with Gasteiger partial charge in [-0.25, -0.2) is 4.98 Å². The molecular weight excluding hydrogens is 300 g/mol. The second-order valence-corrected chi connectivity index (χ2v) is 8.74. The molecule has 0 amide bonds. The summed E-state index contributed by atoms with van der Waals surface area (Å²) >= 11 is 3.80. The summed E-state index contributed by atoms with van der Waals surface area (Å²) in [6.45, 7) is 10.9. The second kappa shape index (κ2) is 6.18. The minimum absolute atomic E-state index is 0.383. The molecule has 3 heterocycles. The van der Waals surface area contributed by atoms with E-state index in [1.54, 1.807) is 11.3 Å². The zero-order chi connectivity index (χ0) is 14.9. The monoisotopic (exact) mass is 324 g/mol. The molecule has 116 valence electrons. The first-order valence-corrected chi connectivity index (χ1v) is 9.51. The smallest absolute Gasteiger partial charge is 0.195 e. The first-order valence-electron chi connectivity index (χ1n) is 7.65. The summed E-state index contributed by atoms with van der Waals surface area (Å²) in [5, 5.41) is 5.57. The first kappa shape index (κ1) is 15.2. The fourth-order valence-electron chi connectivity index (χ4n) is 2.71.